The number of rotatable bonds is 6. The predicted octanol–water partition coefficient (Wildman–Crippen LogP) is 1.73. The number of para-hydroxylation sites is 2. The lowest BCUT2D eigenvalue weighted by atomic mass is 10.2. The van der Waals surface area contributed by atoms with E-state index in [1.54, 1.807) is 31.2 Å². The van der Waals surface area contributed by atoms with E-state index in [0.717, 1.165) is 17.1 Å². The summed E-state index contributed by atoms with van der Waals surface area (Å²) in [5, 5.41) is 0. The molecule has 1 fully saturated rings. The highest BCUT2D eigenvalue weighted by atomic mass is 32.2. The Labute approximate surface area is 188 Å². The number of likely N-dealkylation sites (N-methyl/N-ethyl adjacent to an activating group) is 1. The molecule has 2 aromatic rings. The Bertz CT molecular complexity index is 1140. The number of fused-ring (bicyclic) bond motifs is 1. The summed E-state index contributed by atoms with van der Waals surface area (Å²) in [7, 11) is -0.307. The SMILES string of the molecule is COc1ccccc1N1CCN(C(=O)CCS(=O)(=O)c2ccc3c(c2)CC(=O)N3C)CC1. The summed E-state index contributed by atoms with van der Waals surface area (Å²) >= 11 is 0. The van der Waals surface area contributed by atoms with Crippen LogP contribution >= 0.6 is 0 Å². The molecule has 0 saturated carbocycles. The minimum absolute atomic E-state index is 0.0583. The number of carbonyl (C=O) groups excluding carboxylic acids is 2. The first-order valence-corrected chi connectivity index (χ1v) is 12.2. The highest BCUT2D eigenvalue weighted by Crippen LogP contribution is 2.31. The molecule has 0 bridgehead atoms. The standard InChI is InChI=1S/C23H27N3O5S/c1-24-19-8-7-18(15-17(19)16-23(24)28)32(29,30)14-9-22(27)26-12-10-25(11-13-26)20-5-3-4-6-21(20)31-2/h3-8,15H,9-14,16H2,1-2H3. The van der Waals surface area contributed by atoms with Crippen LogP contribution in [0.2, 0.25) is 0 Å². The third kappa shape index (κ3) is 4.29. The van der Waals surface area contributed by atoms with Gasteiger partial charge in [-0.1, -0.05) is 12.1 Å². The molecule has 0 unspecified atom stereocenters. The van der Waals surface area contributed by atoms with E-state index < -0.39 is 9.84 Å². The number of methoxy groups -OCH3 is 1. The Hall–Kier alpha value is -3.07. The quantitative estimate of drug-likeness (QED) is 0.657. The van der Waals surface area contributed by atoms with Crippen molar-refractivity contribution in [3.05, 3.63) is 48.0 Å². The number of nitrogens with zero attached hydrogens (tertiary/aromatic N) is 3. The number of ether oxygens (including phenoxy) is 1. The number of piperazine rings is 1. The maximum absolute atomic E-state index is 12.8. The van der Waals surface area contributed by atoms with E-state index in [-0.39, 0.29) is 35.3 Å². The van der Waals surface area contributed by atoms with Crippen LogP contribution in [0.5, 0.6) is 5.75 Å². The molecule has 2 aliphatic heterocycles. The first kappa shape index (κ1) is 22.1. The zero-order chi connectivity index (χ0) is 22.9. The first-order chi connectivity index (χ1) is 15.3. The first-order valence-electron chi connectivity index (χ1n) is 10.6. The predicted molar refractivity (Wildman–Crippen MR) is 122 cm³/mol. The average molecular weight is 458 g/mol. The van der Waals surface area contributed by atoms with Crippen LogP contribution in [0.1, 0.15) is 12.0 Å². The average Bonchev–Trinajstić information content (AvgIpc) is 3.10. The zero-order valence-corrected chi connectivity index (χ0v) is 19.1. The van der Waals surface area contributed by atoms with Gasteiger partial charge in [0.05, 0.1) is 29.9 Å². The lowest BCUT2D eigenvalue weighted by Gasteiger charge is -2.36. The number of amides is 2. The molecule has 0 N–H and O–H groups in total. The molecule has 32 heavy (non-hydrogen) atoms. The molecule has 8 nitrogen and oxygen atoms in total. The second-order valence-corrected chi connectivity index (χ2v) is 10.1. The van der Waals surface area contributed by atoms with E-state index in [2.05, 4.69) is 4.90 Å². The van der Waals surface area contributed by atoms with E-state index in [1.165, 1.54) is 11.0 Å². The summed E-state index contributed by atoms with van der Waals surface area (Å²) in [6.45, 7) is 2.38. The van der Waals surface area contributed by atoms with Crippen molar-refractivity contribution in [2.75, 3.05) is 55.9 Å². The Morgan fingerprint density at radius 3 is 2.47 bits per heavy atom. The van der Waals surface area contributed by atoms with Crippen LogP contribution in [0, 0.1) is 0 Å². The van der Waals surface area contributed by atoms with Crippen molar-refractivity contribution in [3.8, 4) is 5.75 Å². The molecule has 2 aliphatic rings. The minimum atomic E-state index is -3.62. The van der Waals surface area contributed by atoms with Crippen LogP contribution < -0.4 is 14.5 Å². The third-order valence-electron chi connectivity index (χ3n) is 6.13. The molecule has 0 atom stereocenters. The van der Waals surface area contributed by atoms with Crippen molar-refractivity contribution < 1.29 is 22.7 Å². The number of carbonyl (C=O) groups is 2. The summed E-state index contributed by atoms with van der Waals surface area (Å²) in [5.74, 6) is 0.322. The van der Waals surface area contributed by atoms with Crippen molar-refractivity contribution in [1.82, 2.24) is 4.90 Å². The smallest absolute Gasteiger partial charge is 0.231 e. The van der Waals surface area contributed by atoms with Gasteiger partial charge in [-0.05, 0) is 35.9 Å². The van der Waals surface area contributed by atoms with Gasteiger partial charge in [-0.15, -0.1) is 0 Å². The van der Waals surface area contributed by atoms with E-state index >= 15 is 0 Å². The van der Waals surface area contributed by atoms with Gasteiger partial charge in [0.1, 0.15) is 5.75 Å². The Morgan fingerprint density at radius 2 is 1.75 bits per heavy atom. The van der Waals surface area contributed by atoms with Crippen molar-refractivity contribution in [3.63, 3.8) is 0 Å². The fourth-order valence-corrected chi connectivity index (χ4v) is 5.50. The number of benzene rings is 2. The van der Waals surface area contributed by atoms with Crippen LogP contribution in [-0.4, -0.2) is 71.2 Å². The maximum Gasteiger partial charge on any atom is 0.231 e. The molecule has 0 aromatic heterocycles. The number of sulfone groups is 1. The highest BCUT2D eigenvalue weighted by Gasteiger charge is 2.28. The monoisotopic (exact) mass is 457 g/mol. The van der Waals surface area contributed by atoms with E-state index in [4.69, 9.17) is 4.74 Å². The normalized spacial score (nSPS) is 16.3. The van der Waals surface area contributed by atoms with Crippen molar-refractivity contribution in [2.45, 2.75) is 17.7 Å². The largest absolute Gasteiger partial charge is 0.495 e. The third-order valence-corrected chi connectivity index (χ3v) is 7.84. The van der Waals surface area contributed by atoms with Crippen molar-refractivity contribution >= 4 is 33.0 Å². The summed E-state index contributed by atoms with van der Waals surface area (Å²) in [4.78, 5) is 30.1. The Morgan fingerprint density at radius 1 is 1.03 bits per heavy atom. The molecule has 0 radical (unpaired) electrons. The molecule has 2 aromatic carbocycles. The van der Waals surface area contributed by atoms with Gasteiger partial charge in [0.15, 0.2) is 9.84 Å². The van der Waals surface area contributed by atoms with Gasteiger partial charge in [0.2, 0.25) is 11.8 Å². The van der Waals surface area contributed by atoms with Gasteiger partial charge >= 0.3 is 0 Å². The van der Waals surface area contributed by atoms with E-state index in [0.29, 0.717) is 31.7 Å². The maximum atomic E-state index is 12.8. The number of hydrogen-bond acceptors (Lipinski definition) is 6. The van der Waals surface area contributed by atoms with E-state index in [9.17, 15) is 18.0 Å². The van der Waals surface area contributed by atoms with Gasteiger partial charge in [0.25, 0.3) is 0 Å². The molecule has 4 rings (SSSR count). The fraction of sp³-hybridized carbons (Fsp3) is 0.391. The lowest BCUT2D eigenvalue weighted by Crippen LogP contribution is -2.49. The number of hydrogen-bond donors (Lipinski definition) is 0. The number of anilines is 2. The van der Waals surface area contributed by atoms with Gasteiger partial charge < -0.3 is 19.4 Å². The molecule has 0 spiro atoms. The van der Waals surface area contributed by atoms with Crippen LogP contribution in [-0.2, 0) is 25.8 Å². The van der Waals surface area contributed by atoms with Crippen LogP contribution in [0.4, 0.5) is 11.4 Å². The van der Waals surface area contributed by atoms with Gasteiger partial charge in [-0.2, -0.15) is 0 Å². The highest BCUT2D eigenvalue weighted by molar-refractivity contribution is 7.91. The lowest BCUT2D eigenvalue weighted by molar-refractivity contribution is -0.131. The van der Waals surface area contributed by atoms with Gasteiger partial charge in [-0.25, -0.2) is 8.42 Å². The second kappa shape index (κ2) is 8.82. The minimum Gasteiger partial charge on any atom is -0.495 e. The molecule has 170 valence electrons. The summed E-state index contributed by atoms with van der Waals surface area (Å²) in [5.41, 5.74) is 2.43. The second-order valence-electron chi connectivity index (χ2n) is 8.03. The van der Waals surface area contributed by atoms with Crippen LogP contribution in [0.3, 0.4) is 0 Å². The van der Waals surface area contributed by atoms with Gasteiger partial charge in [-0.3, -0.25) is 9.59 Å². The summed E-state index contributed by atoms with van der Waals surface area (Å²) in [6.07, 6.45) is 0.136. The van der Waals surface area contributed by atoms with Crippen molar-refractivity contribution in [1.29, 1.82) is 0 Å². The molecule has 2 amide bonds. The van der Waals surface area contributed by atoms with E-state index in [1.807, 2.05) is 24.3 Å². The Kier molecular flexibility index (Phi) is 6.10. The Balaban J connectivity index is 1.34. The van der Waals surface area contributed by atoms with Crippen molar-refractivity contribution in [2.24, 2.45) is 0 Å². The fourth-order valence-electron chi connectivity index (χ4n) is 4.23. The molecular weight excluding hydrogens is 430 g/mol. The molecule has 0 aliphatic carbocycles. The zero-order valence-electron chi connectivity index (χ0n) is 18.3. The summed E-state index contributed by atoms with van der Waals surface area (Å²) in [6, 6.07) is 12.5. The van der Waals surface area contributed by atoms with Crippen LogP contribution in [0.25, 0.3) is 0 Å². The van der Waals surface area contributed by atoms with Crippen LogP contribution in [0.15, 0.2) is 47.4 Å². The molecule has 9 heteroatoms. The summed E-state index contributed by atoms with van der Waals surface area (Å²) < 4.78 is 31.0. The van der Waals surface area contributed by atoms with Gasteiger partial charge in [0, 0.05) is 45.3 Å². The molecule has 2 heterocycles. The molecule has 1 saturated heterocycles. The molecular formula is C23H27N3O5S. The topological polar surface area (TPSA) is 87.2 Å².